The molecule has 0 radical (unpaired) electrons. The predicted octanol–water partition coefficient (Wildman–Crippen LogP) is 6.01. The molecule has 0 amide bonds. The highest BCUT2D eigenvalue weighted by atomic mass is 16.5. The zero-order valence-corrected chi connectivity index (χ0v) is 16.4. The van der Waals surface area contributed by atoms with Gasteiger partial charge in [0.2, 0.25) is 0 Å². The van der Waals surface area contributed by atoms with Crippen LogP contribution in [0, 0.1) is 11.8 Å². The Morgan fingerprint density at radius 3 is 2.19 bits per heavy atom. The van der Waals surface area contributed by atoms with Crippen molar-refractivity contribution >= 4 is 6.29 Å². The third-order valence-corrected chi connectivity index (χ3v) is 6.52. The average molecular weight is 351 g/mol. The predicted molar refractivity (Wildman–Crippen MR) is 107 cm³/mol. The second-order valence-corrected chi connectivity index (χ2v) is 8.33. The second-order valence-electron chi connectivity index (χ2n) is 8.33. The number of hydrogen-bond acceptors (Lipinski definition) is 2. The molecule has 3 unspecified atom stereocenters. The lowest BCUT2D eigenvalue weighted by Gasteiger charge is -2.43. The first-order valence-corrected chi connectivity index (χ1v) is 9.65. The van der Waals surface area contributed by atoms with E-state index < -0.39 is 0 Å². The van der Waals surface area contributed by atoms with Crippen LogP contribution >= 0.6 is 0 Å². The Hall–Kier alpha value is -2.09. The second kappa shape index (κ2) is 7.65. The van der Waals surface area contributed by atoms with E-state index in [2.05, 4.69) is 57.2 Å². The molecule has 3 atom stereocenters. The highest BCUT2D eigenvalue weighted by molar-refractivity contribution is 5.74. The molecular formula is C24H30O2. The first kappa shape index (κ1) is 18.7. The van der Waals surface area contributed by atoms with Gasteiger partial charge in [0.1, 0.15) is 12.0 Å². The van der Waals surface area contributed by atoms with Crippen LogP contribution in [-0.2, 0) is 5.41 Å². The SMILES string of the molecule is COc1ccc(C2CCC(C(C)(C)c3ccc(C=O)cc3)CC2C)cc1. The van der Waals surface area contributed by atoms with E-state index in [1.165, 1.54) is 30.4 Å². The van der Waals surface area contributed by atoms with E-state index in [9.17, 15) is 4.79 Å². The Labute approximate surface area is 157 Å². The van der Waals surface area contributed by atoms with E-state index in [4.69, 9.17) is 4.74 Å². The number of carbonyl (C=O) groups is 1. The number of hydrogen-bond donors (Lipinski definition) is 0. The Morgan fingerprint density at radius 2 is 1.65 bits per heavy atom. The van der Waals surface area contributed by atoms with Gasteiger partial charge in [0.15, 0.2) is 0 Å². The van der Waals surface area contributed by atoms with Gasteiger partial charge >= 0.3 is 0 Å². The molecule has 1 aliphatic carbocycles. The Kier molecular flexibility index (Phi) is 5.50. The van der Waals surface area contributed by atoms with Crippen LogP contribution in [0.2, 0.25) is 0 Å². The number of rotatable bonds is 5. The normalized spacial score (nSPS) is 23.5. The molecular weight excluding hydrogens is 320 g/mol. The molecule has 0 aromatic heterocycles. The van der Waals surface area contributed by atoms with E-state index >= 15 is 0 Å². The molecule has 0 aliphatic heterocycles. The minimum absolute atomic E-state index is 0.126. The number of benzene rings is 2. The van der Waals surface area contributed by atoms with Crippen LogP contribution in [0.4, 0.5) is 0 Å². The molecule has 2 aromatic rings. The minimum Gasteiger partial charge on any atom is -0.497 e. The van der Waals surface area contributed by atoms with Crippen LogP contribution < -0.4 is 4.74 Å². The highest BCUT2D eigenvalue weighted by Gasteiger charge is 2.37. The molecule has 138 valence electrons. The third kappa shape index (κ3) is 3.70. The zero-order chi connectivity index (χ0) is 18.7. The van der Waals surface area contributed by atoms with Crippen molar-refractivity contribution < 1.29 is 9.53 Å². The van der Waals surface area contributed by atoms with Gasteiger partial charge in [0.05, 0.1) is 7.11 Å². The van der Waals surface area contributed by atoms with E-state index in [0.717, 1.165) is 17.6 Å². The maximum absolute atomic E-state index is 10.9. The van der Waals surface area contributed by atoms with Gasteiger partial charge in [0.25, 0.3) is 0 Å². The summed E-state index contributed by atoms with van der Waals surface area (Å²) in [6, 6.07) is 16.7. The zero-order valence-electron chi connectivity index (χ0n) is 16.4. The van der Waals surface area contributed by atoms with Crippen molar-refractivity contribution in [3.05, 3.63) is 65.2 Å². The fraction of sp³-hybridized carbons (Fsp3) is 0.458. The molecule has 0 spiro atoms. The molecule has 0 bridgehead atoms. The van der Waals surface area contributed by atoms with Crippen molar-refractivity contribution in [3.63, 3.8) is 0 Å². The van der Waals surface area contributed by atoms with Gasteiger partial charge in [-0.25, -0.2) is 0 Å². The fourth-order valence-electron chi connectivity index (χ4n) is 4.62. The van der Waals surface area contributed by atoms with Gasteiger partial charge < -0.3 is 4.74 Å². The summed E-state index contributed by atoms with van der Waals surface area (Å²) in [6.07, 6.45) is 4.62. The van der Waals surface area contributed by atoms with E-state index in [0.29, 0.717) is 17.8 Å². The molecule has 0 saturated heterocycles. The number of aldehydes is 1. The van der Waals surface area contributed by atoms with Gasteiger partial charge in [-0.2, -0.15) is 0 Å². The van der Waals surface area contributed by atoms with Gasteiger partial charge in [-0.05, 0) is 65.7 Å². The van der Waals surface area contributed by atoms with Crippen LogP contribution in [0.3, 0.4) is 0 Å². The standard InChI is InChI=1S/C24H30O2/c1-17-15-21(24(2,3)20-9-5-18(16-25)6-10-20)11-14-23(17)19-7-12-22(26-4)13-8-19/h5-10,12-13,16-17,21,23H,11,14-15H2,1-4H3. The Morgan fingerprint density at radius 1 is 1.00 bits per heavy atom. The molecule has 2 heteroatoms. The summed E-state index contributed by atoms with van der Waals surface area (Å²) < 4.78 is 5.29. The highest BCUT2D eigenvalue weighted by Crippen LogP contribution is 2.47. The molecule has 1 aliphatic rings. The van der Waals surface area contributed by atoms with Crippen LogP contribution in [0.1, 0.15) is 67.4 Å². The van der Waals surface area contributed by atoms with Crippen LogP contribution in [0.25, 0.3) is 0 Å². The van der Waals surface area contributed by atoms with E-state index in [-0.39, 0.29) is 5.41 Å². The number of ether oxygens (including phenoxy) is 1. The van der Waals surface area contributed by atoms with Gasteiger partial charge in [-0.3, -0.25) is 4.79 Å². The molecule has 2 aromatic carbocycles. The maximum atomic E-state index is 10.9. The van der Waals surface area contributed by atoms with Crippen molar-refractivity contribution in [2.45, 2.75) is 51.4 Å². The van der Waals surface area contributed by atoms with Crippen molar-refractivity contribution in [1.29, 1.82) is 0 Å². The minimum atomic E-state index is 0.126. The summed E-state index contributed by atoms with van der Waals surface area (Å²) in [5.74, 6) is 2.88. The summed E-state index contributed by atoms with van der Waals surface area (Å²) in [5, 5.41) is 0. The summed E-state index contributed by atoms with van der Waals surface area (Å²) >= 11 is 0. The largest absolute Gasteiger partial charge is 0.497 e. The summed E-state index contributed by atoms with van der Waals surface area (Å²) in [7, 11) is 1.71. The molecule has 1 fully saturated rings. The van der Waals surface area contributed by atoms with Gasteiger partial charge in [-0.15, -0.1) is 0 Å². The van der Waals surface area contributed by atoms with Gasteiger partial charge in [0, 0.05) is 5.56 Å². The fourth-order valence-corrected chi connectivity index (χ4v) is 4.62. The van der Waals surface area contributed by atoms with Crippen molar-refractivity contribution in [2.75, 3.05) is 7.11 Å². The van der Waals surface area contributed by atoms with Crippen molar-refractivity contribution in [2.24, 2.45) is 11.8 Å². The summed E-state index contributed by atoms with van der Waals surface area (Å²) in [6.45, 7) is 7.11. The Balaban J connectivity index is 1.72. The summed E-state index contributed by atoms with van der Waals surface area (Å²) in [4.78, 5) is 10.9. The van der Waals surface area contributed by atoms with Gasteiger partial charge in [-0.1, -0.05) is 57.2 Å². The Bertz CT molecular complexity index is 728. The maximum Gasteiger partial charge on any atom is 0.150 e. The van der Waals surface area contributed by atoms with E-state index in [1.807, 2.05) is 12.1 Å². The topological polar surface area (TPSA) is 26.3 Å². The average Bonchev–Trinajstić information content (AvgIpc) is 2.68. The lowest BCUT2D eigenvalue weighted by molar-refractivity contribution is 0.112. The lowest BCUT2D eigenvalue weighted by Crippen LogP contribution is -2.34. The smallest absolute Gasteiger partial charge is 0.150 e. The van der Waals surface area contributed by atoms with Crippen LogP contribution in [-0.4, -0.2) is 13.4 Å². The molecule has 26 heavy (non-hydrogen) atoms. The first-order chi connectivity index (χ1) is 12.5. The quantitative estimate of drug-likeness (QED) is 0.618. The van der Waals surface area contributed by atoms with Crippen molar-refractivity contribution in [1.82, 2.24) is 0 Å². The third-order valence-electron chi connectivity index (χ3n) is 6.52. The number of carbonyl (C=O) groups excluding carboxylic acids is 1. The van der Waals surface area contributed by atoms with E-state index in [1.54, 1.807) is 7.11 Å². The molecule has 2 nitrogen and oxygen atoms in total. The lowest BCUT2D eigenvalue weighted by atomic mass is 9.62. The molecule has 3 rings (SSSR count). The number of methoxy groups -OCH3 is 1. The molecule has 0 heterocycles. The van der Waals surface area contributed by atoms with Crippen LogP contribution in [0.5, 0.6) is 5.75 Å². The molecule has 1 saturated carbocycles. The van der Waals surface area contributed by atoms with Crippen LogP contribution in [0.15, 0.2) is 48.5 Å². The van der Waals surface area contributed by atoms with Crippen molar-refractivity contribution in [3.8, 4) is 5.75 Å². The summed E-state index contributed by atoms with van der Waals surface area (Å²) in [5.41, 5.74) is 3.65. The monoisotopic (exact) mass is 350 g/mol. The molecule has 0 N–H and O–H groups in total. The first-order valence-electron chi connectivity index (χ1n) is 9.65.